The SMILES string of the molecule is C=CC(COC(C)=O)N(C(=O)Nc1ccc([N+](=O)[O-])cc1)C1CCCCC1. The summed E-state index contributed by atoms with van der Waals surface area (Å²) in [6, 6.07) is 4.89. The smallest absolute Gasteiger partial charge is 0.322 e. The number of carbonyl (C=O) groups is 2. The number of hydrogen-bond donors (Lipinski definition) is 1. The van der Waals surface area contributed by atoms with Crippen molar-refractivity contribution in [2.24, 2.45) is 0 Å². The van der Waals surface area contributed by atoms with Crippen LogP contribution in [0.25, 0.3) is 0 Å². The van der Waals surface area contributed by atoms with E-state index >= 15 is 0 Å². The Kier molecular flexibility index (Phi) is 7.34. The highest BCUT2D eigenvalue weighted by molar-refractivity contribution is 5.90. The van der Waals surface area contributed by atoms with Crippen LogP contribution in [0.5, 0.6) is 0 Å². The first-order chi connectivity index (χ1) is 12.9. The zero-order valence-electron chi connectivity index (χ0n) is 15.4. The van der Waals surface area contributed by atoms with Gasteiger partial charge in [0.25, 0.3) is 5.69 Å². The minimum Gasteiger partial charge on any atom is -0.463 e. The molecule has 2 amide bonds. The summed E-state index contributed by atoms with van der Waals surface area (Å²) in [6.45, 7) is 5.15. The van der Waals surface area contributed by atoms with E-state index in [2.05, 4.69) is 11.9 Å². The third-order valence-electron chi connectivity index (χ3n) is 4.62. The zero-order valence-corrected chi connectivity index (χ0v) is 15.4. The van der Waals surface area contributed by atoms with Crippen LogP contribution in [0.1, 0.15) is 39.0 Å². The van der Waals surface area contributed by atoms with Gasteiger partial charge in [-0.15, -0.1) is 6.58 Å². The van der Waals surface area contributed by atoms with Gasteiger partial charge >= 0.3 is 12.0 Å². The number of hydrogen-bond acceptors (Lipinski definition) is 5. The van der Waals surface area contributed by atoms with Crippen molar-refractivity contribution >= 4 is 23.4 Å². The third kappa shape index (κ3) is 5.80. The molecular weight excluding hydrogens is 350 g/mol. The number of amides is 2. The van der Waals surface area contributed by atoms with Crippen molar-refractivity contribution in [3.63, 3.8) is 0 Å². The van der Waals surface area contributed by atoms with Crippen LogP contribution in [0, 0.1) is 10.1 Å². The molecule has 0 spiro atoms. The maximum Gasteiger partial charge on any atom is 0.322 e. The summed E-state index contributed by atoms with van der Waals surface area (Å²) in [5.74, 6) is -0.416. The zero-order chi connectivity index (χ0) is 19.8. The Morgan fingerprint density at radius 1 is 1.33 bits per heavy atom. The number of carbonyl (C=O) groups excluding carboxylic acids is 2. The molecule has 27 heavy (non-hydrogen) atoms. The molecule has 146 valence electrons. The predicted octanol–water partition coefficient (Wildman–Crippen LogP) is 3.88. The number of non-ortho nitro benzene ring substituents is 1. The third-order valence-corrected chi connectivity index (χ3v) is 4.62. The first-order valence-electron chi connectivity index (χ1n) is 9.02. The van der Waals surface area contributed by atoms with Crippen LogP contribution in [0.15, 0.2) is 36.9 Å². The lowest BCUT2D eigenvalue weighted by atomic mass is 9.93. The van der Waals surface area contributed by atoms with Gasteiger partial charge in [0, 0.05) is 30.8 Å². The Labute approximate surface area is 158 Å². The van der Waals surface area contributed by atoms with Gasteiger partial charge in [0.05, 0.1) is 11.0 Å². The highest BCUT2D eigenvalue weighted by Crippen LogP contribution is 2.26. The van der Waals surface area contributed by atoms with E-state index in [0.29, 0.717) is 5.69 Å². The van der Waals surface area contributed by atoms with Crippen molar-refractivity contribution in [1.82, 2.24) is 4.90 Å². The molecule has 0 saturated heterocycles. The Hall–Kier alpha value is -2.90. The fourth-order valence-corrected chi connectivity index (χ4v) is 3.27. The Morgan fingerprint density at radius 2 is 1.96 bits per heavy atom. The van der Waals surface area contributed by atoms with E-state index in [4.69, 9.17) is 4.74 Å². The highest BCUT2D eigenvalue weighted by atomic mass is 16.6. The second kappa shape index (κ2) is 9.70. The molecule has 1 unspecified atom stereocenters. The molecule has 1 aromatic rings. The molecule has 1 saturated carbocycles. The molecule has 1 aromatic carbocycles. The van der Waals surface area contributed by atoms with Crippen molar-refractivity contribution in [2.75, 3.05) is 11.9 Å². The Bertz CT molecular complexity index is 683. The number of urea groups is 1. The molecule has 0 radical (unpaired) electrons. The van der Waals surface area contributed by atoms with Gasteiger partial charge in [0.2, 0.25) is 0 Å². The van der Waals surface area contributed by atoms with Crippen LogP contribution in [-0.4, -0.2) is 40.5 Å². The standard InChI is InChI=1S/C19H25N3O5/c1-3-16(13-27-14(2)23)21(17-7-5-4-6-8-17)19(24)20-15-9-11-18(12-10-15)22(25)26/h3,9-12,16-17H,1,4-8,13H2,2H3,(H,20,24). The van der Waals surface area contributed by atoms with Crippen LogP contribution in [0.2, 0.25) is 0 Å². The summed E-state index contributed by atoms with van der Waals surface area (Å²) in [7, 11) is 0. The number of nitro benzene ring substituents is 1. The largest absolute Gasteiger partial charge is 0.463 e. The molecular formula is C19H25N3O5. The van der Waals surface area contributed by atoms with Crippen LogP contribution >= 0.6 is 0 Å². The van der Waals surface area contributed by atoms with Gasteiger partial charge in [-0.3, -0.25) is 14.9 Å². The second-order valence-corrected chi connectivity index (χ2v) is 6.54. The number of nitro groups is 1. The van der Waals surface area contributed by atoms with Gasteiger partial charge in [0.1, 0.15) is 6.61 Å². The van der Waals surface area contributed by atoms with E-state index in [-0.39, 0.29) is 24.4 Å². The maximum absolute atomic E-state index is 13.0. The topological polar surface area (TPSA) is 102 Å². The summed E-state index contributed by atoms with van der Waals surface area (Å²) in [5, 5.41) is 13.5. The lowest BCUT2D eigenvalue weighted by Crippen LogP contribution is -2.51. The van der Waals surface area contributed by atoms with Crippen molar-refractivity contribution in [3.8, 4) is 0 Å². The first kappa shape index (κ1) is 20.4. The predicted molar refractivity (Wildman–Crippen MR) is 101 cm³/mol. The van der Waals surface area contributed by atoms with Crippen molar-refractivity contribution in [3.05, 3.63) is 47.0 Å². The quantitative estimate of drug-likeness (QED) is 0.337. The molecule has 1 fully saturated rings. The van der Waals surface area contributed by atoms with Gasteiger partial charge in [-0.25, -0.2) is 4.79 Å². The second-order valence-electron chi connectivity index (χ2n) is 6.54. The molecule has 2 rings (SSSR count). The summed E-state index contributed by atoms with van der Waals surface area (Å²) in [4.78, 5) is 36.1. The van der Waals surface area contributed by atoms with E-state index < -0.39 is 16.9 Å². The molecule has 1 N–H and O–H groups in total. The molecule has 0 heterocycles. The van der Waals surface area contributed by atoms with E-state index in [1.807, 2.05) is 0 Å². The van der Waals surface area contributed by atoms with Gasteiger partial charge in [-0.1, -0.05) is 25.3 Å². The number of esters is 1. The number of rotatable bonds is 7. The van der Waals surface area contributed by atoms with E-state index in [1.165, 1.54) is 31.2 Å². The number of nitrogens with one attached hydrogen (secondary N) is 1. The lowest BCUT2D eigenvalue weighted by molar-refractivity contribution is -0.384. The Balaban J connectivity index is 2.17. The van der Waals surface area contributed by atoms with Crippen LogP contribution in [0.4, 0.5) is 16.2 Å². The summed E-state index contributed by atoms with van der Waals surface area (Å²) in [5.41, 5.74) is 0.415. The molecule has 0 aliphatic heterocycles. The van der Waals surface area contributed by atoms with Gasteiger partial charge < -0.3 is 15.0 Å². The average molecular weight is 375 g/mol. The fraction of sp³-hybridized carbons (Fsp3) is 0.474. The van der Waals surface area contributed by atoms with Gasteiger partial charge in [0.15, 0.2) is 0 Å². The molecule has 1 aliphatic carbocycles. The van der Waals surface area contributed by atoms with Gasteiger partial charge in [-0.05, 0) is 25.0 Å². The molecule has 1 aliphatic rings. The van der Waals surface area contributed by atoms with E-state index in [0.717, 1.165) is 32.1 Å². The Morgan fingerprint density at radius 3 is 2.48 bits per heavy atom. The fourth-order valence-electron chi connectivity index (χ4n) is 3.27. The number of benzene rings is 1. The molecule has 0 aromatic heterocycles. The number of nitrogens with zero attached hydrogens (tertiary/aromatic N) is 2. The first-order valence-corrected chi connectivity index (χ1v) is 9.02. The molecule has 1 atom stereocenters. The van der Waals surface area contributed by atoms with E-state index in [9.17, 15) is 19.7 Å². The molecule has 8 heteroatoms. The normalized spacial score (nSPS) is 15.4. The minimum atomic E-state index is -0.493. The van der Waals surface area contributed by atoms with Crippen molar-refractivity contribution < 1.29 is 19.2 Å². The average Bonchev–Trinajstić information content (AvgIpc) is 2.65. The monoisotopic (exact) mass is 375 g/mol. The number of anilines is 1. The van der Waals surface area contributed by atoms with Crippen molar-refractivity contribution in [1.29, 1.82) is 0 Å². The lowest BCUT2D eigenvalue weighted by Gasteiger charge is -2.38. The molecule has 0 bridgehead atoms. The number of ether oxygens (including phenoxy) is 1. The molecule has 8 nitrogen and oxygen atoms in total. The van der Waals surface area contributed by atoms with Gasteiger partial charge in [-0.2, -0.15) is 0 Å². The van der Waals surface area contributed by atoms with Crippen LogP contribution in [0.3, 0.4) is 0 Å². The summed E-state index contributed by atoms with van der Waals surface area (Å²) >= 11 is 0. The summed E-state index contributed by atoms with van der Waals surface area (Å²) in [6.07, 6.45) is 6.55. The van der Waals surface area contributed by atoms with E-state index in [1.54, 1.807) is 11.0 Å². The van der Waals surface area contributed by atoms with Crippen LogP contribution in [-0.2, 0) is 9.53 Å². The highest BCUT2D eigenvalue weighted by Gasteiger charge is 2.31. The van der Waals surface area contributed by atoms with Crippen LogP contribution < -0.4 is 5.32 Å². The van der Waals surface area contributed by atoms with Crippen molar-refractivity contribution in [2.45, 2.75) is 51.1 Å². The maximum atomic E-state index is 13.0. The summed E-state index contributed by atoms with van der Waals surface area (Å²) < 4.78 is 5.10. The minimum absolute atomic E-state index is 0.0235.